The van der Waals surface area contributed by atoms with Gasteiger partial charge < -0.3 is 14.6 Å². The normalized spacial score (nSPS) is 11.6. The second kappa shape index (κ2) is 5.88. The van der Waals surface area contributed by atoms with E-state index in [9.17, 15) is 26.7 Å². The lowest BCUT2D eigenvalue weighted by atomic mass is 10.1. The van der Waals surface area contributed by atoms with E-state index in [0.29, 0.717) is 6.07 Å². The fourth-order valence-electron chi connectivity index (χ4n) is 1.35. The molecule has 1 N–H and O–H groups in total. The molecule has 0 saturated heterocycles. The van der Waals surface area contributed by atoms with Crippen molar-refractivity contribution in [2.24, 2.45) is 0 Å². The first kappa shape index (κ1) is 15.9. The summed E-state index contributed by atoms with van der Waals surface area (Å²) in [6.45, 7) is 0. The number of aromatic nitrogens is 1. The van der Waals surface area contributed by atoms with Gasteiger partial charge in [-0.15, -0.1) is 13.2 Å². The quantitative estimate of drug-likeness (QED) is 0.846. The molecule has 112 valence electrons. The van der Waals surface area contributed by atoms with E-state index in [2.05, 4.69) is 14.5 Å². The van der Waals surface area contributed by atoms with Gasteiger partial charge in [0.25, 0.3) is 12.3 Å². The van der Waals surface area contributed by atoms with Gasteiger partial charge in [0, 0.05) is 5.56 Å². The Morgan fingerprint density at radius 3 is 2.45 bits per heavy atom. The molecule has 10 heteroatoms. The maximum absolute atomic E-state index is 12.7. The first-order valence-electron chi connectivity index (χ1n) is 4.97. The van der Waals surface area contributed by atoms with Crippen LogP contribution >= 0.6 is 0 Å². The molecule has 5 nitrogen and oxygen atoms in total. The molecule has 0 aliphatic carbocycles. The molecule has 0 amide bonds. The van der Waals surface area contributed by atoms with Gasteiger partial charge in [-0.25, -0.2) is 13.8 Å². The lowest BCUT2D eigenvalue weighted by Crippen LogP contribution is -2.19. The van der Waals surface area contributed by atoms with Crippen molar-refractivity contribution in [3.63, 3.8) is 0 Å². The van der Waals surface area contributed by atoms with Gasteiger partial charge in [-0.1, -0.05) is 0 Å². The summed E-state index contributed by atoms with van der Waals surface area (Å²) in [6.07, 6.45) is -9.22. The second-order valence-corrected chi connectivity index (χ2v) is 3.45. The molecule has 0 fully saturated rings. The summed E-state index contributed by atoms with van der Waals surface area (Å²) >= 11 is 0. The Morgan fingerprint density at radius 2 is 2.05 bits per heavy atom. The van der Waals surface area contributed by atoms with Crippen molar-refractivity contribution in [1.82, 2.24) is 4.98 Å². The Morgan fingerprint density at radius 1 is 1.45 bits per heavy atom. The predicted octanol–water partition coefficient (Wildman–Crippen LogP) is 2.55. The first-order chi connectivity index (χ1) is 9.14. The highest BCUT2D eigenvalue weighted by Gasteiger charge is 2.34. The van der Waals surface area contributed by atoms with Crippen LogP contribution in [0.5, 0.6) is 11.6 Å². The Kier molecular flexibility index (Phi) is 4.69. The largest absolute Gasteiger partial charge is 0.573 e. The van der Waals surface area contributed by atoms with E-state index in [4.69, 9.17) is 5.11 Å². The Labute approximate surface area is 108 Å². The Balaban J connectivity index is 3.32. The van der Waals surface area contributed by atoms with Crippen LogP contribution in [0.25, 0.3) is 0 Å². The van der Waals surface area contributed by atoms with Crippen molar-refractivity contribution in [3.8, 4) is 11.6 Å². The van der Waals surface area contributed by atoms with Crippen molar-refractivity contribution in [3.05, 3.63) is 17.3 Å². The van der Waals surface area contributed by atoms with Crippen LogP contribution in [0.15, 0.2) is 6.07 Å². The molecule has 0 spiro atoms. The molecule has 0 unspecified atom stereocenters. The molecule has 0 aliphatic heterocycles. The molecule has 0 aromatic carbocycles. The fraction of sp³-hybridized carbons (Fsp3) is 0.400. The maximum Gasteiger partial charge on any atom is 0.573 e. The fourth-order valence-corrected chi connectivity index (χ4v) is 1.35. The number of carbonyl (C=O) groups is 1. The topological polar surface area (TPSA) is 68.7 Å². The molecule has 1 aromatic heterocycles. The number of aliphatic carboxylic acids is 1. The van der Waals surface area contributed by atoms with E-state index in [0.717, 1.165) is 7.11 Å². The van der Waals surface area contributed by atoms with E-state index in [1.54, 1.807) is 0 Å². The van der Waals surface area contributed by atoms with Crippen LogP contribution in [0.4, 0.5) is 22.0 Å². The van der Waals surface area contributed by atoms with Gasteiger partial charge >= 0.3 is 12.3 Å². The summed E-state index contributed by atoms with van der Waals surface area (Å²) in [5.74, 6) is -3.27. The molecule has 0 radical (unpaired) electrons. The molecular weight excluding hydrogens is 293 g/mol. The van der Waals surface area contributed by atoms with Crippen LogP contribution in [0, 0.1) is 0 Å². The number of hydrogen-bond donors (Lipinski definition) is 1. The zero-order chi connectivity index (χ0) is 15.5. The number of rotatable bonds is 5. The van der Waals surface area contributed by atoms with E-state index >= 15 is 0 Å². The van der Waals surface area contributed by atoms with Crippen molar-refractivity contribution in [2.75, 3.05) is 7.11 Å². The lowest BCUT2D eigenvalue weighted by Gasteiger charge is -2.15. The van der Waals surface area contributed by atoms with Gasteiger partial charge in [-0.2, -0.15) is 0 Å². The number of carboxylic acids is 1. The van der Waals surface area contributed by atoms with Crippen molar-refractivity contribution in [2.45, 2.75) is 19.2 Å². The summed E-state index contributed by atoms with van der Waals surface area (Å²) in [5.41, 5.74) is -1.56. The number of halogens is 5. The molecule has 0 aliphatic rings. The average Bonchev–Trinajstić information content (AvgIpc) is 2.27. The zero-order valence-electron chi connectivity index (χ0n) is 9.87. The van der Waals surface area contributed by atoms with E-state index in [1.807, 2.05) is 0 Å². The zero-order valence-corrected chi connectivity index (χ0v) is 9.87. The third-order valence-electron chi connectivity index (χ3n) is 2.04. The Bertz CT molecular complexity index is 503. The summed E-state index contributed by atoms with van der Waals surface area (Å²) in [7, 11) is 0.943. The number of ether oxygens (including phenoxy) is 2. The molecular formula is C10H8F5NO4. The SMILES string of the molecule is COc1nc(CC(=O)O)c(C(F)F)cc1OC(F)(F)F. The smallest absolute Gasteiger partial charge is 0.481 e. The standard InChI is InChI=1S/C10H8F5NO4/c1-19-9-6(20-10(13,14)15)2-4(8(11)12)5(16-9)3-7(17)18/h2,8H,3H2,1H3,(H,17,18). The number of nitrogens with zero attached hydrogens (tertiary/aromatic N) is 1. The highest BCUT2D eigenvalue weighted by molar-refractivity contribution is 5.70. The van der Waals surface area contributed by atoms with Gasteiger partial charge in [0.15, 0.2) is 5.75 Å². The van der Waals surface area contributed by atoms with Gasteiger partial charge in [-0.3, -0.25) is 4.79 Å². The van der Waals surface area contributed by atoms with Crippen LogP contribution in [0.1, 0.15) is 17.7 Å². The van der Waals surface area contributed by atoms with Crippen LogP contribution in [-0.2, 0) is 11.2 Å². The van der Waals surface area contributed by atoms with Crippen LogP contribution in [-0.4, -0.2) is 29.5 Å². The molecule has 0 bridgehead atoms. The maximum atomic E-state index is 12.7. The molecule has 0 atom stereocenters. The number of hydrogen-bond acceptors (Lipinski definition) is 4. The summed E-state index contributed by atoms with van der Waals surface area (Å²) < 4.78 is 69.8. The van der Waals surface area contributed by atoms with Crippen LogP contribution in [0.3, 0.4) is 0 Å². The van der Waals surface area contributed by atoms with Gasteiger partial charge in [0.2, 0.25) is 0 Å². The highest BCUT2D eigenvalue weighted by Crippen LogP contribution is 2.35. The Hall–Kier alpha value is -2.13. The van der Waals surface area contributed by atoms with E-state index in [-0.39, 0.29) is 0 Å². The molecule has 1 heterocycles. The minimum atomic E-state index is -5.12. The molecule has 20 heavy (non-hydrogen) atoms. The first-order valence-corrected chi connectivity index (χ1v) is 4.97. The number of pyridine rings is 1. The molecule has 0 saturated carbocycles. The van der Waals surface area contributed by atoms with Crippen LogP contribution < -0.4 is 9.47 Å². The third kappa shape index (κ3) is 4.21. The monoisotopic (exact) mass is 301 g/mol. The van der Waals surface area contributed by atoms with Crippen LogP contribution in [0.2, 0.25) is 0 Å². The minimum Gasteiger partial charge on any atom is -0.481 e. The van der Waals surface area contributed by atoms with Gasteiger partial charge in [0.1, 0.15) is 0 Å². The van der Waals surface area contributed by atoms with Crippen molar-refractivity contribution in [1.29, 1.82) is 0 Å². The highest BCUT2D eigenvalue weighted by atomic mass is 19.4. The number of methoxy groups -OCH3 is 1. The predicted molar refractivity (Wildman–Crippen MR) is 53.8 cm³/mol. The van der Waals surface area contributed by atoms with Crippen molar-refractivity contribution < 1.29 is 41.3 Å². The average molecular weight is 301 g/mol. The van der Waals surface area contributed by atoms with E-state index < -0.39 is 48.1 Å². The number of carboxylic acid groups (broad SMARTS) is 1. The van der Waals surface area contributed by atoms with Crippen molar-refractivity contribution >= 4 is 5.97 Å². The minimum absolute atomic E-state index is 0.363. The summed E-state index contributed by atoms with van der Waals surface area (Å²) in [4.78, 5) is 13.8. The molecule has 1 aromatic rings. The third-order valence-corrected chi connectivity index (χ3v) is 2.04. The summed E-state index contributed by atoms with van der Waals surface area (Å²) in [5, 5.41) is 8.56. The number of alkyl halides is 5. The molecule has 1 rings (SSSR count). The van der Waals surface area contributed by atoms with Gasteiger partial charge in [-0.05, 0) is 6.07 Å². The summed E-state index contributed by atoms with van der Waals surface area (Å²) in [6, 6.07) is 0.363. The lowest BCUT2D eigenvalue weighted by molar-refractivity contribution is -0.275. The van der Waals surface area contributed by atoms with Gasteiger partial charge in [0.05, 0.1) is 19.2 Å². The second-order valence-electron chi connectivity index (χ2n) is 3.45. The van der Waals surface area contributed by atoms with E-state index in [1.165, 1.54) is 0 Å².